The van der Waals surface area contributed by atoms with E-state index in [1.165, 1.54) is 0 Å². The molecule has 2 amide bonds. The normalized spacial score (nSPS) is 12.2. The van der Waals surface area contributed by atoms with Gasteiger partial charge in [0.15, 0.2) is 0 Å². The molecule has 1 unspecified atom stereocenters. The molecule has 1 atom stereocenters. The number of carbonyl (C=O) groups is 2. The highest BCUT2D eigenvalue weighted by molar-refractivity contribution is 7.98. The summed E-state index contributed by atoms with van der Waals surface area (Å²) in [6.07, 6.45) is 4.02. The zero-order valence-electron chi connectivity index (χ0n) is 10.7. The summed E-state index contributed by atoms with van der Waals surface area (Å²) in [7, 11) is 0. The smallest absolute Gasteiger partial charge is 0.326 e. The average Bonchev–Trinajstić information content (AvgIpc) is 2.30. The van der Waals surface area contributed by atoms with E-state index in [0.717, 1.165) is 12.8 Å². The maximum atomic E-state index is 11.6. The number of carboxylic acid groups (broad SMARTS) is 1. The fourth-order valence-electron chi connectivity index (χ4n) is 1.37. The zero-order chi connectivity index (χ0) is 13.3. The van der Waals surface area contributed by atoms with Crippen LogP contribution in [0.5, 0.6) is 0 Å². The van der Waals surface area contributed by atoms with Crippen LogP contribution in [-0.4, -0.2) is 41.2 Å². The van der Waals surface area contributed by atoms with Crippen LogP contribution in [0.15, 0.2) is 0 Å². The second-order valence-electron chi connectivity index (χ2n) is 3.80. The zero-order valence-corrected chi connectivity index (χ0v) is 11.5. The third-order valence-electron chi connectivity index (χ3n) is 2.53. The Morgan fingerprint density at radius 2 is 1.82 bits per heavy atom. The van der Waals surface area contributed by atoms with E-state index < -0.39 is 18.0 Å². The molecule has 100 valence electrons. The molecule has 0 saturated heterocycles. The Labute approximate surface area is 107 Å². The molecule has 0 radical (unpaired) electrons. The first-order chi connectivity index (χ1) is 8.04. The molecule has 6 heteroatoms. The second-order valence-corrected chi connectivity index (χ2v) is 4.79. The largest absolute Gasteiger partial charge is 0.480 e. The van der Waals surface area contributed by atoms with Crippen LogP contribution in [0.3, 0.4) is 0 Å². The maximum Gasteiger partial charge on any atom is 0.326 e. The number of amides is 2. The van der Waals surface area contributed by atoms with Gasteiger partial charge < -0.3 is 15.7 Å². The number of thioether (sulfide) groups is 1. The molecule has 0 fully saturated rings. The Balaban J connectivity index is 4.15. The maximum absolute atomic E-state index is 11.6. The van der Waals surface area contributed by atoms with Crippen molar-refractivity contribution in [2.75, 3.05) is 12.0 Å². The number of hydrogen-bond donors (Lipinski definition) is 3. The number of aliphatic carboxylic acids is 1. The number of carbonyl (C=O) groups excluding carboxylic acids is 1. The second kappa shape index (κ2) is 9.15. The first-order valence-corrected chi connectivity index (χ1v) is 7.23. The predicted molar refractivity (Wildman–Crippen MR) is 70.5 cm³/mol. The molecule has 5 nitrogen and oxygen atoms in total. The van der Waals surface area contributed by atoms with Gasteiger partial charge in [-0.05, 0) is 31.3 Å². The van der Waals surface area contributed by atoms with Crippen LogP contribution >= 0.6 is 11.8 Å². The lowest BCUT2D eigenvalue weighted by molar-refractivity contribution is -0.139. The summed E-state index contributed by atoms with van der Waals surface area (Å²) in [5.74, 6) is -0.277. The van der Waals surface area contributed by atoms with Crippen molar-refractivity contribution < 1.29 is 14.7 Å². The quantitative estimate of drug-likeness (QED) is 0.622. The highest BCUT2D eigenvalue weighted by atomic mass is 32.2. The van der Waals surface area contributed by atoms with Crippen LogP contribution in [0, 0.1) is 0 Å². The first-order valence-electron chi connectivity index (χ1n) is 5.83. The molecule has 0 aliphatic rings. The fourth-order valence-corrected chi connectivity index (χ4v) is 1.84. The fraction of sp³-hybridized carbons (Fsp3) is 0.818. The van der Waals surface area contributed by atoms with E-state index in [1.807, 2.05) is 20.1 Å². The van der Waals surface area contributed by atoms with Crippen molar-refractivity contribution >= 4 is 23.8 Å². The Hall–Kier alpha value is -0.910. The molecule has 3 N–H and O–H groups in total. The van der Waals surface area contributed by atoms with Gasteiger partial charge in [0.1, 0.15) is 6.04 Å². The standard InChI is InChI=1S/C11H22N2O3S/c1-4-8(5-2)12-11(16)13-9(10(14)15)6-7-17-3/h8-9H,4-7H2,1-3H3,(H,14,15)(H2,12,13,16). The van der Waals surface area contributed by atoms with Crippen molar-refractivity contribution in [2.24, 2.45) is 0 Å². The molecule has 0 rings (SSSR count). The highest BCUT2D eigenvalue weighted by Gasteiger charge is 2.20. The third kappa shape index (κ3) is 7.10. The van der Waals surface area contributed by atoms with E-state index in [4.69, 9.17) is 5.11 Å². The molecule has 0 heterocycles. The lowest BCUT2D eigenvalue weighted by Gasteiger charge is -2.18. The molecule has 0 aromatic heterocycles. The van der Waals surface area contributed by atoms with Crippen LogP contribution in [0.1, 0.15) is 33.1 Å². The van der Waals surface area contributed by atoms with Gasteiger partial charge in [0.2, 0.25) is 0 Å². The Kier molecular flexibility index (Phi) is 8.66. The number of urea groups is 1. The highest BCUT2D eigenvalue weighted by Crippen LogP contribution is 2.01. The molecule has 0 bridgehead atoms. The molecular formula is C11H22N2O3S. The summed E-state index contributed by atoms with van der Waals surface area (Å²) in [6, 6.07) is -1.10. The minimum atomic E-state index is -0.987. The predicted octanol–water partition coefficient (Wildman–Crippen LogP) is 1.68. The Morgan fingerprint density at radius 3 is 2.24 bits per heavy atom. The molecule has 17 heavy (non-hydrogen) atoms. The van der Waals surface area contributed by atoms with Crippen LogP contribution < -0.4 is 10.6 Å². The number of hydrogen-bond acceptors (Lipinski definition) is 3. The molecule has 0 aliphatic heterocycles. The van der Waals surface area contributed by atoms with Crippen LogP contribution in [0.2, 0.25) is 0 Å². The van der Waals surface area contributed by atoms with E-state index in [-0.39, 0.29) is 6.04 Å². The lowest BCUT2D eigenvalue weighted by atomic mass is 10.2. The monoisotopic (exact) mass is 262 g/mol. The molecule has 0 aliphatic carbocycles. The van der Waals surface area contributed by atoms with Crippen molar-refractivity contribution in [3.63, 3.8) is 0 Å². The summed E-state index contributed by atoms with van der Waals surface area (Å²) in [5, 5.41) is 14.2. The van der Waals surface area contributed by atoms with Crippen molar-refractivity contribution in [3.05, 3.63) is 0 Å². The number of nitrogens with one attached hydrogen (secondary N) is 2. The summed E-state index contributed by atoms with van der Waals surface area (Å²) < 4.78 is 0. The van der Waals surface area contributed by atoms with Gasteiger partial charge in [-0.1, -0.05) is 13.8 Å². The molecule has 0 aromatic carbocycles. The summed E-state index contributed by atoms with van der Waals surface area (Å²) in [5.41, 5.74) is 0. The third-order valence-corrected chi connectivity index (χ3v) is 3.18. The minimum absolute atomic E-state index is 0.102. The van der Waals surface area contributed by atoms with Gasteiger partial charge >= 0.3 is 12.0 Å². The summed E-state index contributed by atoms with van der Waals surface area (Å²) in [6.45, 7) is 3.97. The van der Waals surface area contributed by atoms with Crippen molar-refractivity contribution in [3.8, 4) is 0 Å². The van der Waals surface area contributed by atoms with Gasteiger partial charge in [-0.25, -0.2) is 9.59 Å². The summed E-state index contributed by atoms with van der Waals surface area (Å²) in [4.78, 5) is 22.5. The van der Waals surface area contributed by atoms with Gasteiger partial charge in [0.05, 0.1) is 0 Å². The van der Waals surface area contributed by atoms with Crippen LogP contribution in [0.25, 0.3) is 0 Å². The van der Waals surface area contributed by atoms with Crippen LogP contribution in [-0.2, 0) is 4.79 Å². The van der Waals surface area contributed by atoms with Crippen molar-refractivity contribution in [2.45, 2.75) is 45.2 Å². The topological polar surface area (TPSA) is 78.4 Å². The molecular weight excluding hydrogens is 240 g/mol. The van der Waals surface area contributed by atoms with E-state index in [1.54, 1.807) is 11.8 Å². The van der Waals surface area contributed by atoms with E-state index in [2.05, 4.69) is 10.6 Å². The van der Waals surface area contributed by atoms with E-state index >= 15 is 0 Å². The molecule has 0 saturated carbocycles. The summed E-state index contributed by atoms with van der Waals surface area (Å²) >= 11 is 1.56. The van der Waals surface area contributed by atoms with Gasteiger partial charge in [-0.3, -0.25) is 0 Å². The Bertz CT molecular complexity index is 245. The minimum Gasteiger partial charge on any atom is -0.480 e. The van der Waals surface area contributed by atoms with Crippen LogP contribution in [0.4, 0.5) is 4.79 Å². The van der Waals surface area contributed by atoms with Crippen molar-refractivity contribution in [1.29, 1.82) is 0 Å². The number of rotatable bonds is 8. The Morgan fingerprint density at radius 1 is 1.24 bits per heavy atom. The van der Waals surface area contributed by atoms with Crippen molar-refractivity contribution in [1.82, 2.24) is 10.6 Å². The van der Waals surface area contributed by atoms with Gasteiger partial charge in [0.25, 0.3) is 0 Å². The number of carboxylic acids is 1. The van der Waals surface area contributed by atoms with Gasteiger partial charge in [0, 0.05) is 6.04 Å². The SMILES string of the molecule is CCC(CC)NC(=O)NC(CCSC)C(=O)O. The molecule has 0 aromatic rings. The van der Waals surface area contributed by atoms with Gasteiger partial charge in [-0.15, -0.1) is 0 Å². The van der Waals surface area contributed by atoms with E-state index in [0.29, 0.717) is 12.2 Å². The van der Waals surface area contributed by atoms with E-state index in [9.17, 15) is 9.59 Å². The average molecular weight is 262 g/mol. The lowest BCUT2D eigenvalue weighted by Crippen LogP contribution is -2.49. The first kappa shape index (κ1) is 16.1. The van der Waals surface area contributed by atoms with Gasteiger partial charge in [-0.2, -0.15) is 11.8 Å². The molecule has 0 spiro atoms.